The average molecular weight is 382 g/mol. The van der Waals surface area contributed by atoms with E-state index in [1.807, 2.05) is 0 Å². The SMILES string of the molecule is COc1ccccc1[C@H]1C(C(=O)c2ccco2)=C(O)C(=O)N1c1nccs1. The van der Waals surface area contributed by atoms with Crippen LogP contribution in [0.25, 0.3) is 0 Å². The molecule has 3 heterocycles. The van der Waals surface area contributed by atoms with E-state index >= 15 is 0 Å². The van der Waals surface area contributed by atoms with Crippen molar-refractivity contribution >= 4 is 28.2 Å². The average Bonchev–Trinajstić information content (AvgIpc) is 3.43. The summed E-state index contributed by atoms with van der Waals surface area (Å²) in [6, 6.07) is 9.18. The molecule has 4 rings (SSSR count). The van der Waals surface area contributed by atoms with Crippen molar-refractivity contribution in [3.8, 4) is 5.75 Å². The van der Waals surface area contributed by atoms with E-state index in [0.717, 1.165) is 0 Å². The molecular weight excluding hydrogens is 368 g/mol. The third kappa shape index (κ3) is 2.70. The highest BCUT2D eigenvalue weighted by atomic mass is 32.1. The molecule has 0 bridgehead atoms. The molecule has 7 nitrogen and oxygen atoms in total. The molecule has 0 saturated carbocycles. The number of aromatic nitrogens is 1. The number of rotatable bonds is 5. The Morgan fingerprint density at radius 2 is 2.11 bits per heavy atom. The molecule has 2 aromatic heterocycles. The summed E-state index contributed by atoms with van der Waals surface area (Å²) >= 11 is 1.23. The second kappa shape index (κ2) is 6.73. The Hall–Kier alpha value is -3.39. The van der Waals surface area contributed by atoms with E-state index in [4.69, 9.17) is 9.15 Å². The summed E-state index contributed by atoms with van der Waals surface area (Å²) in [6.07, 6.45) is 2.91. The van der Waals surface area contributed by atoms with Gasteiger partial charge in [-0.25, -0.2) is 4.98 Å². The van der Waals surface area contributed by atoms with Crippen LogP contribution in [0.1, 0.15) is 22.2 Å². The number of benzene rings is 1. The summed E-state index contributed by atoms with van der Waals surface area (Å²) in [5, 5.41) is 12.6. The number of methoxy groups -OCH3 is 1. The predicted octanol–water partition coefficient (Wildman–Crippen LogP) is 3.53. The largest absolute Gasteiger partial charge is 0.503 e. The van der Waals surface area contributed by atoms with Gasteiger partial charge in [0.25, 0.3) is 5.91 Å². The second-order valence-electron chi connectivity index (χ2n) is 5.70. The Kier molecular flexibility index (Phi) is 4.25. The molecule has 0 fully saturated rings. The van der Waals surface area contributed by atoms with E-state index in [1.54, 1.807) is 41.9 Å². The lowest BCUT2D eigenvalue weighted by atomic mass is 9.94. The number of carbonyl (C=O) groups excluding carboxylic acids is 2. The summed E-state index contributed by atoms with van der Waals surface area (Å²) in [5.74, 6) is -1.37. The molecule has 1 aromatic carbocycles. The maximum Gasteiger partial charge on any atom is 0.296 e. The predicted molar refractivity (Wildman–Crippen MR) is 98.0 cm³/mol. The minimum absolute atomic E-state index is 0.0326. The molecule has 1 N–H and O–H groups in total. The molecule has 1 aliphatic rings. The van der Waals surface area contributed by atoms with Gasteiger partial charge >= 0.3 is 0 Å². The van der Waals surface area contributed by atoms with Gasteiger partial charge < -0.3 is 14.3 Å². The summed E-state index contributed by atoms with van der Waals surface area (Å²) in [4.78, 5) is 31.3. The first-order valence-corrected chi connectivity index (χ1v) is 8.88. The van der Waals surface area contributed by atoms with Gasteiger partial charge in [0.1, 0.15) is 11.8 Å². The van der Waals surface area contributed by atoms with Crippen molar-refractivity contribution in [1.82, 2.24) is 4.98 Å². The van der Waals surface area contributed by atoms with Gasteiger partial charge in [0, 0.05) is 17.1 Å². The molecule has 1 aliphatic heterocycles. The number of hydrogen-bond donors (Lipinski definition) is 1. The molecule has 0 radical (unpaired) electrons. The van der Waals surface area contributed by atoms with Crippen molar-refractivity contribution in [2.24, 2.45) is 0 Å². The van der Waals surface area contributed by atoms with Crippen LogP contribution in [0.5, 0.6) is 5.75 Å². The minimum atomic E-state index is -0.891. The number of amides is 1. The standard InChI is InChI=1S/C19H14N2O5S/c1-25-12-6-3-2-5-11(12)15-14(16(22)13-7-4-9-26-13)17(23)18(24)21(15)19-20-8-10-27-19/h2-10,15,23H,1H3/t15-/m0/s1. The van der Waals surface area contributed by atoms with E-state index in [1.165, 1.54) is 35.7 Å². The van der Waals surface area contributed by atoms with Crippen molar-refractivity contribution in [2.45, 2.75) is 6.04 Å². The zero-order valence-electron chi connectivity index (χ0n) is 14.2. The van der Waals surface area contributed by atoms with Gasteiger partial charge in [0.2, 0.25) is 5.78 Å². The fraction of sp³-hybridized carbons (Fsp3) is 0.105. The maximum atomic E-state index is 13.0. The third-order valence-electron chi connectivity index (χ3n) is 4.26. The minimum Gasteiger partial charge on any atom is -0.503 e. The number of thiazole rings is 1. The number of furan rings is 1. The third-order valence-corrected chi connectivity index (χ3v) is 5.03. The van der Waals surface area contributed by atoms with Crippen LogP contribution < -0.4 is 9.64 Å². The molecule has 0 aliphatic carbocycles. The number of carbonyl (C=O) groups is 2. The summed E-state index contributed by atoms with van der Waals surface area (Å²) < 4.78 is 10.6. The number of aliphatic hydroxyl groups excluding tert-OH is 1. The number of para-hydroxylation sites is 1. The summed E-state index contributed by atoms with van der Waals surface area (Å²) in [5.41, 5.74) is 0.483. The highest BCUT2D eigenvalue weighted by molar-refractivity contribution is 7.13. The number of ketones is 1. The number of aliphatic hydroxyl groups is 1. The molecule has 0 unspecified atom stereocenters. The Morgan fingerprint density at radius 1 is 1.30 bits per heavy atom. The molecule has 0 spiro atoms. The van der Waals surface area contributed by atoms with Crippen molar-refractivity contribution in [1.29, 1.82) is 0 Å². The Labute approximate surface area is 158 Å². The van der Waals surface area contributed by atoms with E-state index < -0.39 is 23.5 Å². The van der Waals surface area contributed by atoms with Crippen LogP contribution in [0.4, 0.5) is 5.13 Å². The molecule has 3 aromatic rings. The first-order chi connectivity index (χ1) is 13.1. The monoisotopic (exact) mass is 382 g/mol. The smallest absolute Gasteiger partial charge is 0.296 e. The number of Topliss-reactive ketones (excluding diaryl/α,β-unsaturated/α-hetero) is 1. The van der Waals surface area contributed by atoms with E-state index in [2.05, 4.69) is 4.98 Å². The molecule has 8 heteroatoms. The fourth-order valence-electron chi connectivity index (χ4n) is 3.10. The van der Waals surface area contributed by atoms with E-state index in [-0.39, 0.29) is 11.3 Å². The lowest BCUT2D eigenvalue weighted by molar-refractivity contribution is -0.117. The van der Waals surface area contributed by atoms with Gasteiger partial charge in [-0.05, 0) is 18.2 Å². The van der Waals surface area contributed by atoms with Crippen LogP contribution in [-0.4, -0.2) is 28.9 Å². The molecule has 1 atom stereocenters. The van der Waals surface area contributed by atoms with Crippen LogP contribution in [0.2, 0.25) is 0 Å². The van der Waals surface area contributed by atoms with Gasteiger partial charge in [-0.3, -0.25) is 14.5 Å². The van der Waals surface area contributed by atoms with Gasteiger partial charge in [-0.2, -0.15) is 0 Å². The quantitative estimate of drug-likeness (QED) is 0.679. The van der Waals surface area contributed by atoms with Crippen LogP contribution in [0.3, 0.4) is 0 Å². The number of ether oxygens (including phenoxy) is 1. The number of anilines is 1. The normalized spacial score (nSPS) is 16.9. The fourth-order valence-corrected chi connectivity index (χ4v) is 3.76. The summed E-state index contributed by atoms with van der Waals surface area (Å²) in [7, 11) is 1.50. The van der Waals surface area contributed by atoms with Gasteiger partial charge in [-0.1, -0.05) is 18.2 Å². The molecule has 1 amide bonds. The van der Waals surface area contributed by atoms with Crippen LogP contribution in [0.15, 0.2) is 70.0 Å². The lowest BCUT2D eigenvalue weighted by Gasteiger charge is -2.25. The van der Waals surface area contributed by atoms with Crippen molar-refractivity contribution in [3.05, 3.63) is 76.9 Å². The van der Waals surface area contributed by atoms with Crippen LogP contribution in [-0.2, 0) is 4.79 Å². The summed E-state index contributed by atoms with van der Waals surface area (Å²) in [6.45, 7) is 0. The van der Waals surface area contributed by atoms with Gasteiger partial charge in [0.15, 0.2) is 16.7 Å². The Morgan fingerprint density at radius 3 is 2.78 bits per heavy atom. The van der Waals surface area contributed by atoms with E-state index in [0.29, 0.717) is 16.4 Å². The Bertz CT molecular complexity index is 1020. The van der Waals surface area contributed by atoms with Gasteiger partial charge in [-0.15, -0.1) is 11.3 Å². The molecule has 136 valence electrons. The first kappa shape index (κ1) is 17.0. The molecule has 0 saturated heterocycles. The van der Waals surface area contributed by atoms with Crippen molar-refractivity contribution < 1.29 is 23.8 Å². The van der Waals surface area contributed by atoms with Crippen LogP contribution >= 0.6 is 11.3 Å². The topological polar surface area (TPSA) is 92.9 Å². The van der Waals surface area contributed by atoms with Gasteiger partial charge in [0.05, 0.1) is 18.9 Å². The zero-order valence-corrected chi connectivity index (χ0v) is 15.0. The Balaban J connectivity index is 1.92. The zero-order chi connectivity index (χ0) is 19.0. The second-order valence-corrected chi connectivity index (χ2v) is 6.58. The van der Waals surface area contributed by atoms with E-state index in [9.17, 15) is 14.7 Å². The highest BCUT2D eigenvalue weighted by Crippen LogP contribution is 2.45. The molecular formula is C19H14N2O5S. The van der Waals surface area contributed by atoms with Crippen molar-refractivity contribution in [3.63, 3.8) is 0 Å². The molecule has 27 heavy (non-hydrogen) atoms. The number of nitrogens with zero attached hydrogens (tertiary/aromatic N) is 2. The maximum absolute atomic E-state index is 13.0. The number of hydrogen-bond acceptors (Lipinski definition) is 7. The lowest BCUT2D eigenvalue weighted by Crippen LogP contribution is -2.31. The highest BCUT2D eigenvalue weighted by Gasteiger charge is 2.47. The first-order valence-electron chi connectivity index (χ1n) is 8.00. The van der Waals surface area contributed by atoms with Crippen molar-refractivity contribution in [2.75, 3.05) is 12.0 Å². The van der Waals surface area contributed by atoms with Crippen LogP contribution in [0, 0.1) is 0 Å².